The maximum atomic E-state index is 12.1. The summed E-state index contributed by atoms with van der Waals surface area (Å²) < 4.78 is 1.58. The van der Waals surface area contributed by atoms with Crippen LogP contribution in [-0.2, 0) is 6.42 Å². The Hall–Kier alpha value is -2.71. The van der Waals surface area contributed by atoms with E-state index in [9.17, 15) is 14.7 Å². The average molecular weight is 433 g/mol. The van der Waals surface area contributed by atoms with Gasteiger partial charge in [0.25, 0.3) is 5.56 Å². The highest BCUT2D eigenvalue weighted by atomic mass is 28.3. The van der Waals surface area contributed by atoms with Gasteiger partial charge in [-0.15, -0.1) is 11.5 Å². The van der Waals surface area contributed by atoms with Crippen LogP contribution in [0.2, 0.25) is 19.1 Å². The number of nitrogens with one attached hydrogen (secondary N) is 2. The van der Waals surface area contributed by atoms with Crippen molar-refractivity contribution in [2.45, 2.75) is 38.1 Å². The summed E-state index contributed by atoms with van der Waals surface area (Å²) in [5.41, 5.74) is 3.80. The van der Waals surface area contributed by atoms with Gasteiger partial charge in [-0.1, -0.05) is 13.1 Å². The van der Waals surface area contributed by atoms with Crippen molar-refractivity contribution < 1.29 is 20.1 Å². The average Bonchev–Trinajstić information content (AvgIpc) is 3.15. The van der Waals surface area contributed by atoms with E-state index in [1.807, 2.05) is 0 Å². The second kappa shape index (κ2) is 10.9. The molecule has 9 nitrogen and oxygen atoms in total. The van der Waals surface area contributed by atoms with Crippen molar-refractivity contribution >= 4 is 14.0 Å². The molecule has 0 aliphatic heterocycles. The van der Waals surface area contributed by atoms with Gasteiger partial charge in [-0.3, -0.25) is 4.79 Å². The van der Waals surface area contributed by atoms with Crippen molar-refractivity contribution in [1.82, 2.24) is 19.9 Å². The number of imidazole rings is 1. The van der Waals surface area contributed by atoms with Gasteiger partial charge >= 0.3 is 5.97 Å². The Morgan fingerprint density at radius 3 is 2.83 bits per heavy atom. The number of rotatable bonds is 10. The van der Waals surface area contributed by atoms with Crippen LogP contribution in [0.5, 0.6) is 0 Å². The molecule has 0 spiro atoms. The molecule has 162 valence electrons. The lowest BCUT2D eigenvalue weighted by Gasteiger charge is -2.14. The quantitative estimate of drug-likeness (QED) is 0.208. The van der Waals surface area contributed by atoms with E-state index in [0.717, 1.165) is 11.7 Å². The molecule has 0 unspecified atom stereocenters. The van der Waals surface area contributed by atoms with Crippen LogP contribution in [0.3, 0.4) is 0 Å². The van der Waals surface area contributed by atoms with E-state index in [0.29, 0.717) is 31.6 Å². The number of aliphatic hydroxyl groups is 2. The first-order valence-corrected chi connectivity index (χ1v) is 12.9. The number of nitrogens with zero attached hydrogens (tertiary/aromatic N) is 2. The maximum absolute atomic E-state index is 12.1. The fraction of sp³-hybridized carbons (Fsp3) is 0.450. The molecule has 5 N–H and O–H groups in total. The summed E-state index contributed by atoms with van der Waals surface area (Å²) in [7, 11) is -1.81. The number of aromatic amines is 1. The predicted octanol–water partition coefficient (Wildman–Crippen LogP) is 0.385. The lowest BCUT2D eigenvalue weighted by Crippen LogP contribution is -2.29. The van der Waals surface area contributed by atoms with Gasteiger partial charge in [-0.25, -0.2) is 9.78 Å². The minimum atomic E-state index is -1.81. The van der Waals surface area contributed by atoms with Crippen molar-refractivity contribution in [3.8, 4) is 17.2 Å². The Morgan fingerprint density at radius 1 is 1.40 bits per heavy atom. The Kier molecular flexibility index (Phi) is 8.55. The van der Waals surface area contributed by atoms with E-state index in [1.54, 1.807) is 10.8 Å². The highest BCUT2D eigenvalue weighted by Gasteiger charge is 2.19. The number of pyridine rings is 1. The van der Waals surface area contributed by atoms with Crippen molar-refractivity contribution in [1.29, 1.82) is 0 Å². The number of hydrogen-bond donors (Lipinski definition) is 5. The molecule has 1 atom stereocenters. The highest BCUT2D eigenvalue weighted by molar-refractivity contribution is 6.85. The molecule has 0 bridgehead atoms. The maximum Gasteiger partial charge on any atom is 0.352 e. The summed E-state index contributed by atoms with van der Waals surface area (Å²) >= 11 is 0. The van der Waals surface area contributed by atoms with E-state index >= 15 is 0 Å². The van der Waals surface area contributed by atoms with Gasteiger partial charge in [0.15, 0.2) is 0 Å². The number of aromatic carboxylic acids is 1. The van der Waals surface area contributed by atoms with Crippen molar-refractivity contribution in [3.05, 3.63) is 46.4 Å². The first-order valence-electron chi connectivity index (χ1n) is 9.71. The minimum absolute atomic E-state index is 0.0378. The van der Waals surface area contributed by atoms with E-state index in [2.05, 4.69) is 39.8 Å². The van der Waals surface area contributed by atoms with Gasteiger partial charge in [0.2, 0.25) is 0 Å². The number of carbonyl (C=O) groups is 1. The van der Waals surface area contributed by atoms with Crippen LogP contribution in [0.1, 0.15) is 22.6 Å². The van der Waals surface area contributed by atoms with Crippen LogP contribution < -0.4 is 10.9 Å². The number of aromatic nitrogens is 3. The zero-order valence-corrected chi connectivity index (χ0v) is 18.2. The molecule has 0 aliphatic rings. The van der Waals surface area contributed by atoms with Crippen LogP contribution in [-0.4, -0.2) is 69.7 Å². The first-order chi connectivity index (χ1) is 14.2. The van der Waals surface area contributed by atoms with Gasteiger partial charge in [0, 0.05) is 25.7 Å². The Labute approximate surface area is 175 Å². The predicted molar refractivity (Wildman–Crippen MR) is 115 cm³/mol. The van der Waals surface area contributed by atoms with Crippen LogP contribution >= 0.6 is 0 Å². The number of aryl methyl sites for hydroxylation is 1. The molecular formula is C20H28N4O5Si. The monoisotopic (exact) mass is 432 g/mol. The van der Waals surface area contributed by atoms with E-state index < -0.39 is 25.7 Å². The third kappa shape index (κ3) is 7.27. The van der Waals surface area contributed by atoms with E-state index in [1.165, 1.54) is 18.5 Å². The molecule has 2 aromatic rings. The highest BCUT2D eigenvalue weighted by Crippen LogP contribution is 2.14. The Balaban J connectivity index is 1.93. The molecule has 0 saturated carbocycles. The molecule has 0 saturated heterocycles. The lowest BCUT2D eigenvalue weighted by atomic mass is 10.2. The Morgan fingerprint density at radius 2 is 2.17 bits per heavy atom. The fourth-order valence-corrected chi connectivity index (χ4v) is 4.34. The summed E-state index contributed by atoms with van der Waals surface area (Å²) in [6.07, 6.45) is 3.84. The number of H-pyrrole nitrogens is 1. The summed E-state index contributed by atoms with van der Waals surface area (Å²) in [5, 5.41) is 30.4. The minimum Gasteiger partial charge on any atom is -0.477 e. The van der Waals surface area contributed by atoms with Gasteiger partial charge in [-0.2, -0.15) is 0 Å². The Bertz CT molecular complexity index is 973. The van der Waals surface area contributed by atoms with E-state index in [-0.39, 0.29) is 12.3 Å². The normalized spacial score (nSPS) is 12.3. The van der Waals surface area contributed by atoms with Crippen LogP contribution in [0, 0.1) is 11.5 Å². The van der Waals surface area contributed by atoms with Gasteiger partial charge in [0.1, 0.15) is 19.5 Å². The molecule has 0 fully saturated rings. The molecule has 2 rings (SSSR count). The zero-order valence-electron chi connectivity index (χ0n) is 17.2. The van der Waals surface area contributed by atoms with Gasteiger partial charge < -0.3 is 30.2 Å². The zero-order chi connectivity index (χ0) is 22.1. The second-order valence-electron chi connectivity index (χ2n) is 7.64. The number of carboxylic acids is 1. The smallest absolute Gasteiger partial charge is 0.352 e. The molecule has 2 aromatic heterocycles. The van der Waals surface area contributed by atoms with Crippen LogP contribution in [0.4, 0.5) is 0 Å². The topological polar surface area (TPSA) is 140 Å². The summed E-state index contributed by atoms with van der Waals surface area (Å²) in [4.78, 5) is 29.7. The van der Waals surface area contributed by atoms with Gasteiger partial charge in [0.05, 0.1) is 24.7 Å². The standard InChI is InChI=1S/C20H28N4O5Si/c1-30(2,10-3-4-16(26)12-21-8-9-25)11-7-15-13-24(14-22-15)18-6-5-17(20(28)29)23-19(18)27/h5-6,13-14,16,21,25-26H,4,7-9,11-12H2,1-2H3,(H,23,27)(H,28,29)/t16-/m0/s1. The summed E-state index contributed by atoms with van der Waals surface area (Å²) in [6.45, 7) is 5.20. The number of hydrogen-bond acceptors (Lipinski definition) is 6. The van der Waals surface area contributed by atoms with Crippen LogP contribution in [0.15, 0.2) is 29.5 Å². The van der Waals surface area contributed by atoms with E-state index in [4.69, 9.17) is 10.2 Å². The fourth-order valence-electron chi connectivity index (χ4n) is 2.75. The molecule has 10 heteroatoms. The number of carboxylic acid groups (broad SMARTS) is 1. The lowest BCUT2D eigenvalue weighted by molar-refractivity contribution is 0.0690. The third-order valence-electron chi connectivity index (χ3n) is 4.47. The van der Waals surface area contributed by atoms with Crippen molar-refractivity contribution in [2.24, 2.45) is 0 Å². The third-order valence-corrected chi connectivity index (χ3v) is 6.83. The van der Waals surface area contributed by atoms with Crippen molar-refractivity contribution in [2.75, 3.05) is 19.7 Å². The van der Waals surface area contributed by atoms with Crippen molar-refractivity contribution in [3.63, 3.8) is 0 Å². The largest absolute Gasteiger partial charge is 0.477 e. The van der Waals surface area contributed by atoms with Crippen LogP contribution in [0.25, 0.3) is 5.69 Å². The molecule has 0 amide bonds. The molecule has 0 aliphatic carbocycles. The number of aliphatic hydroxyl groups excluding tert-OH is 2. The molecule has 0 aromatic carbocycles. The summed E-state index contributed by atoms with van der Waals surface area (Å²) in [6, 6.07) is 3.68. The van der Waals surface area contributed by atoms with Gasteiger partial charge in [-0.05, 0) is 24.6 Å². The first kappa shape index (κ1) is 23.6. The molecule has 0 radical (unpaired) electrons. The molecule has 2 heterocycles. The summed E-state index contributed by atoms with van der Waals surface area (Å²) in [5.74, 6) is 1.89. The molecular weight excluding hydrogens is 404 g/mol. The SMILES string of the molecule is C[Si](C)(C#CC[C@H](O)CNCCO)CCc1cn(-c2ccc(C(=O)O)[nH]c2=O)cn1. The molecule has 30 heavy (non-hydrogen) atoms. The second-order valence-corrected chi connectivity index (χ2v) is 12.2.